The lowest BCUT2D eigenvalue weighted by Crippen LogP contribution is -2.38. The molecule has 0 aliphatic heterocycles. The smallest absolute Gasteiger partial charge is 0.131 e. The molecule has 0 heterocycles. The molecule has 0 aromatic heterocycles. The number of carbonyl (C=O) groups is 2. The Bertz CT molecular complexity index is 219. The van der Waals surface area contributed by atoms with E-state index < -0.39 is 0 Å². The minimum atomic E-state index is -0.343. The zero-order valence-corrected chi connectivity index (χ0v) is 10.9. The second kappa shape index (κ2) is 9.27. The van der Waals surface area contributed by atoms with Crippen molar-refractivity contribution in [3.05, 3.63) is 0 Å². The first-order valence-electron chi connectivity index (χ1n) is 5.86. The summed E-state index contributed by atoms with van der Waals surface area (Å²) in [5.74, 6) is 0. The van der Waals surface area contributed by atoms with Gasteiger partial charge < -0.3 is 19.1 Å². The summed E-state index contributed by atoms with van der Waals surface area (Å²) >= 11 is 0. The van der Waals surface area contributed by atoms with Crippen LogP contribution in [0.5, 0.6) is 0 Å². The molecule has 0 amide bonds. The van der Waals surface area contributed by atoms with Gasteiger partial charge >= 0.3 is 0 Å². The summed E-state index contributed by atoms with van der Waals surface area (Å²) in [5.41, 5.74) is -0.343. The van der Waals surface area contributed by atoms with Gasteiger partial charge in [-0.25, -0.2) is 0 Å². The van der Waals surface area contributed by atoms with E-state index in [1.165, 1.54) is 0 Å². The quantitative estimate of drug-likeness (QED) is 0.333. The highest BCUT2D eigenvalue weighted by Crippen LogP contribution is 2.16. The van der Waals surface area contributed by atoms with Crippen molar-refractivity contribution in [2.45, 2.75) is 44.9 Å². The third-order valence-electron chi connectivity index (χ3n) is 2.37. The van der Waals surface area contributed by atoms with Gasteiger partial charge in [-0.15, -0.1) is 0 Å². The lowest BCUT2D eigenvalue weighted by molar-refractivity contribution is -0.114. The zero-order chi connectivity index (χ0) is 13.1. The Morgan fingerprint density at radius 1 is 1.24 bits per heavy atom. The van der Waals surface area contributed by atoms with Crippen molar-refractivity contribution in [1.82, 2.24) is 5.32 Å². The molecule has 1 unspecified atom stereocenters. The molecule has 0 radical (unpaired) electrons. The van der Waals surface area contributed by atoms with E-state index in [-0.39, 0.29) is 11.8 Å². The summed E-state index contributed by atoms with van der Waals surface area (Å²) in [5, 5.41) is 2.96. The fraction of sp³-hybridized carbons (Fsp3) is 0.833. The molecule has 0 spiro atoms. The number of aldehydes is 2. The average molecular weight is 245 g/mol. The molecule has 0 aromatic rings. The number of carbonyl (C=O) groups excluding carboxylic acids is 2. The number of nitrogens with one attached hydrogen (secondary N) is 1. The molecule has 17 heavy (non-hydrogen) atoms. The molecular weight excluding hydrogens is 222 g/mol. The average Bonchev–Trinajstić information content (AvgIpc) is 2.31. The number of hydrogen-bond acceptors (Lipinski definition) is 5. The van der Waals surface area contributed by atoms with Gasteiger partial charge in [0.05, 0.1) is 18.8 Å². The molecule has 0 aliphatic carbocycles. The standard InChI is InChI=1S/C12H23NO4/c1-12(2,6-4-7-14)17-10-11(13-3)16-9-5-8-15/h7-8,11,13H,4-6,9-10H2,1-3H3. The predicted octanol–water partition coefficient (Wildman–Crippen LogP) is 0.912. The van der Waals surface area contributed by atoms with Gasteiger partial charge in [0.25, 0.3) is 0 Å². The number of rotatable bonds is 11. The predicted molar refractivity (Wildman–Crippen MR) is 64.8 cm³/mol. The molecule has 0 bridgehead atoms. The van der Waals surface area contributed by atoms with Crippen molar-refractivity contribution >= 4 is 12.6 Å². The van der Waals surface area contributed by atoms with Crippen LogP contribution >= 0.6 is 0 Å². The molecule has 1 N–H and O–H groups in total. The largest absolute Gasteiger partial charge is 0.371 e. The first-order valence-corrected chi connectivity index (χ1v) is 5.86. The summed E-state index contributed by atoms with van der Waals surface area (Å²) in [6, 6.07) is 0. The van der Waals surface area contributed by atoms with E-state index in [1.54, 1.807) is 7.05 Å². The Morgan fingerprint density at radius 2 is 1.88 bits per heavy atom. The van der Waals surface area contributed by atoms with Gasteiger partial charge in [0.2, 0.25) is 0 Å². The molecule has 0 aliphatic rings. The second-order valence-electron chi connectivity index (χ2n) is 4.38. The van der Waals surface area contributed by atoms with Crippen molar-refractivity contribution in [2.75, 3.05) is 20.3 Å². The summed E-state index contributed by atoms with van der Waals surface area (Å²) < 4.78 is 11.1. The summed E-state index contributed by atoms with van der Waals surface area (Å²) in [7, 11) is 1.77. The topological polar surface area (TPSA) is 64.6 Å². The van der Waals surface area contributed by atoms with E-state index >= 15 is 0 Å². The van der Waals surface area contributed by atoms with Crippen LogP contribution in [0, 0.1) is 0 Å². The highest BCUT2D eigenvalue weighted by molar-refractivity contribution is 5.49. The number of ether oxygens (including phenoxy) is 2. The first kappa shape index (κ1) is 16.2. The molecule has 0 saturated carbocycles. The number of likely N-dealkylation sites (N-methyl/N-ethyl adjacent to an activating group) is 1. The van der Waals surface area contributed by atoms with E-state index in [1.807, 2.05) is 13.8 Å². The van der Waals surface area contributed by atoms with Crippen LogP contribution in [0.3, 0.4) is 0 Å². The summed E-state index contributed by atoms with van der Waals surface area (Å²) in [6.07, 6.45) is 3.03. The third kappa shape index (κ3) is 8.97. The summed E-state index contributed by atoms with van der Waals surface area (Å²) in [6.45, 7) is 4.65. The van der Waals surface area contributed by atoms with E-state index in [4.69, 9.17) is 9.47 Å². The van der Waals surface area contributed by atoms with Crippen molar-refractivity contribution < 1.29 is 19.1 Å². The van der Waals surface area contributed by atoms with Crippen LogP contribution in [0.4, 0.5) is 0 Å². The molecular formula is C12H23NO4. The minimum absolute atomic E-state index is 0.231. The molecule has 100 valence electrons. The Hall–Kier alpha value is -0.780. The van der Waals surface area contributed by atoms with Crippen molar-refractivity contribution in [3.8, 4) is 0 Å². The van der Waals surface area contributed by atoms with E-state index in [9.17, 15) is 9.59 Å². The molecule has 0 saturated heterocycles. The van der Waals surface area contributed by atoms with Gasteiger partial charge in [-0.05, 0) is 27.3 Å². The Morgan fingerprint density at radius 3 is 2.41 bits per heavy atom. The van der Waals surface area contributed by atoms with Crippen LogP contribution in [-0.4, -0.2) is 44.7 Å². The Kier molecular flexibility index (Phi) is 8.85. The third-order valence-corrected chi connectivity index (χ3v) is 2.37. The molecule has 0 aromatic carbocycles. The fourth-order valence-corrected chi connectivity index (χ4v) is 1.25. The van der Waals surface area contributed by atoms with Gasteiger partial charge in [-0.3, -0.25) is 5.32 Å². The van der Waals surface area contributed by atoms with Crippen LogP contribution in [-0.2, 0) is 19.1 Å². The lowest BCUT2D eigenvalue weighted by atomic mass is 10.0. The van der Waals surface area contributed by atoms with Gasteiger partial charge in [-0.2, -0.15) is 0 Å². The van der Waals surface area contributed by atoms with Gasteiger partial charge in [0.1, 0.15) is 18.8 Å². The van der Waals surface area contributed by atoms with E-state index in [0.717, 1.165) is 12.6 Å². The monoisotopic (exact) mass is 245 g/mol. The second-order valence-corrected chi connectivity index (χ2v) is 4.38. The van der Waals surface area contributed by atoms with Crippen LogP contribution in [0.25, 0.3) is 0 Å². The van der Waals surface area contributed by atoms with E-state index in [0.29, 0.717) is 32.5 Å². The van der Waals surface area contributed by atoms with Crippen molar-refractivity contribution in [1.29, 1.82) is 0 Å². The minimum Gasteiger partial charge on any atom is -0.371 e. The van der Waals surface area contributed by atoms with Crippen LogP contribution in [0.2, 0.25) is 0 Å². The maximum Gasteiger partial charge on any atom is 0.131 e. The highest BCUT2D eigenvalue weighted by Gasteiger charge is 2.19. The maximum absolute atomic E-state index is 10.3. The van der Waals surface area contributed by atoms with E-state index in [2.05, 4.69) is 5.32 Å². The van der Waals surface area contributed by atoms with Crippen molar-refractivity contribution in [2.24, 2.45) is 0 Å². The Labute approximate surface area is 103 Å². The zero-order valence-electron chi connectivity index (χ0n) is 10.9. The van der Waals surface area contributed by atoms with Crippen LogP contribution in [0.1, 0.15) is 33.1 Å². The molecule has 1 atom stereocenters. The van der Waals surface area contributed by atoms with Gasteiger partial charge in [0.15, 0.2) is 0 Å². The lowest BCUT2D eigenvalue weighted by Gasteiger charge is -2.27. The molecule has 0 fully saturated rings. The molecule has 0 rings (SSSR count). The van der Waals surface area contributed by atoms with Crippen molar-refractivity contribution in [3.63, 3.8) is 0 Å². The number of hydrogen-bond donors (Lipinski definition) is 1. The first-order chi connectivity index (χ1) is 8.05. The van der Waals surface area contributed by atoms with Crippen LogP contribution < -0.4 is 5.32 Å². The Balaban J connectivity index is 3.86. The summed E-state index contributed by atoms with van der Waals surface area (Å²) in [4.78, 5) is 20.4. The molecule has 5 nitrogen and oxygen atoms in total. The maximum atomic E-state index is 10.3. The van der Waals surface area contributed by atoms with Gasteiger partial charge in [-0.1, -0.05) is 0 Å². The molecule has 5 heteroatoms. The SMILES string of the molecule is CNC(COC(C)(C)CCC=O)OCCC=O. The highest BCUT2D eigenvalue weighted by atomic mass is 16.6. The normalized spacial score (nSPS) is 13.4. The van der Waals surface area contributed by atoms with Gasteiger partial charge in [0, 0.05) is 12.8 Å². The van der Waals surface area contributed by atoms with Crippen LogP contribution in [0.15, 0.2) is 0 Å². The fourth-order valence-electron chi connectivity index (χ4n) is 1.25.